The third-order valence-electron chi connectivity index (χ3n) is 2.83. The first-order valence-corrected chi connectivity index (χ1v) is 6.13. The molecule has 4 nitrogen and oxygen atoms in total. The molecular weight excluding hydrogens is 242 g/mol. The molecule has 0 aliphatic rings. The third-order valence-corrected chi connectivity index (χ3v) is 2.83. The molecule has 2 aromatic rings. The lowest BCUT2D eigenvalue weighted by Gasteiger charge is -2.11. The molecule has 0 radical (unpaired) electrons. The van der Waals surface area contributed by atoms with Crippen molar-refractivity contribution in [3.8, 4) is 16.9 Å². The standard InChI is InChI=1S/C15H17NO3/c1-11-9-12(10-16-15(11)17)13-5-3-4-6-14(13)19-8-7-18-2/h3-6,9-10H,7-8H2,1-2H3,(H,16,17). The zero-order valence-electron chi connectivity index (χ0n) is 11.1. The molecule has 1 heterocycles. The minimum atomic E-state index is -0.0680. The molecule has 4 heteroatoms. The van der Waals surface area contributed by atoms with Gasteiger partial charge in [-0.15, -0.1) is 0 Å². The van der Waals surface area contributed by atoms with Crippen LogP contribution in [0.1, 0.15) is 5.56 Å². The highest BCUT2D eigenvalue weighted by Crippen LogP contribution is 2.29. The van der Waals surface area contributed by atoms with Gasteiger partial charge in [-0.05, 0) is 19.1 Å². The van der Waals surface area contributed by atoms with E-state index in [1.54, 1.807) is 20.2 Å². The smallest absolute Gasteiger partial charge is 0.250 e. The molecule has 0 aliphatic heterocycles. The SMILES string of the molecule is COCCOc1ccccc1-c1c[nH]c(=O)c(C)c1. The molecule has 1 N–H and O–H groups in total. The van der Waals surface area contributed by atoms with Crippen molar-refractivity contribution >= 4 is 0 Å². The Balaban J connectivity index is 2.32. The summed E-state index contributed by atoms with van der Waals surface area (Å²) in [5.74, 6) is 0.783. The number of aromatic amines is 1. The normalized spacial score (nSPS) is 10.4. The fraction of sp³-hybridized carbons (Fsp3) is 0.267. The molecule has 19 heavy (non-hydrogen) atoms. The van der Waals surface area contributed by atoms with Crippen molar-refractivity contribution in [3.63, 3.8) is 0 Å². The van der Waals surface area contributed by atoms with Gasteiger partial charge >= 0.3 is 0 Å². The van der Waals surface area contributed by atoms with E-state index < -0.39 is 0 Å². The highest BCUT2D eigenvalue weighted by Gasteiger charge is 2.07. The minimum Gasteiger partial charge on any atom is -0.491 e. The maximum absolute atomic E-state index is 11.4. The van der Waals surface area contributed by atoms with Crippen LogP contribution in [0.3, 0.4) is 0 Å². The third kappa shape index (κ3) is 3.23. The molecule has 0 bridgehead atoms. The van der Waals surface area contributed by atoms with Gasteiger partial charge < -0.3 is 14.5 Å². The zero-order chi connectivity index (χ0) is 13.7. The van der Waals surface area contributed by atoms with E-state index in [1.165, 1.54) is 0 Å². The molecule has 0 fully saturated rings. The monoisotopic (exact) mass is 259 g/mol. The van der Waals surface area contributed by atoms with Crippen LogP contribution in [-0.2, 0) is 4.74 Å². The number of hydrogen-bond donors (Lipinski definition) is 1. The molecule has 2 rings (SSSR count). The summed E-state index contributed by atoms with van der Waals surface area (Å²) in [7, 11) is 1.64. The van der Waals surface area contributed by atoms with Gasteiger partial charge in [-0.1, -0.05) is 18.2 Å². The minimum absolute atomic E-state index is 0.0680. The molecule has 100 valence electrons. The fourth-order valence-electron chi connectivity index (χ4n) is 1.82. The first-order chi connectivity index (χ1) is 9.22. The molecule has 0 saturated heterocycles. The number of benzene rings is 1. The van der Waals surface area contributed by atoms with Crippen LogP contribution in [0.5, 0.6) is 5.75 Å². The summed E-state index contributed by atoms with van der Waals surface area (Å²) >= 11 is 0. The Morgan fingerprint density at radius 3 is 2.74 bits per heavy atom. The van der Waals surface area contributed by atoms with E-state index >= 15 is 0 Å². The van der Waals surface area contributed by atoms with Gasteiger partial charge in [-0.2, -0.15) is 0 Å². The Bertz CT molecular complexity index is 604. The van der Waals surface area contributed by atoms with Crippen molar-refractivity contribution in [2.75, 3.05) is 20.3 Å². The number of aromatic nitrogens is 1. The molecule has 0 saturated carbocycles. The quantitative estimate of drug-likeness (QED) is 0.839. The number of pyridine rings is 1. The molecule has 0 atom stereocenters. The molecule has 0 aliphatic carbocycles. The number of aryl methyl sites for hydroxylation is 1. The maximum Gasteiger partial charge on any atom is 0.250 e. The van der Waals surface area contributed by atoms with Crippen molar-refractivity contribution < 1.29 is 9.47 Å². The first kappa shape index (κ1) is 13.4. The van der Waals surface area contributed by atoms with Crippen LogP contribution < -0.4 is 10.3 Å². The largest absolute Gasteiger partial charge is 0.491 e. The molecule has 0 amide bonds. The number of rotatable bonds is 5. The Morgan fingerprint density at radius 1 is 1.21 bits per heavy atom. The molecule has 1 aromatic carbocycles. The van der Waals surface area contributed by atoms with Crippen LogP contribution in [0.25, 0.3) is 11.1 Å². The van der Waals surface area contributed by atoms with Crippen molar-refractivity contribution in [3.05, 3.63) is 52.4 Å². The van der Waals surface area contributed by atoms with Crippen LogP contribution in [0, 0.1) is 6.92 Å². The van der Waals surface area contributed by atoms with E-state index in [2.05, 4.69) is 4.98 Å². The summed E-state index contributed by atoms with van der Waals surface area (Å²) in [6, 6.07) is 9.60. The van der Waals surface area contributed by atoms with Gasteiger partial charge in [0.05, 0.1) is 6.61 Å². The second kappa shape index (κ2) is 6.20. The van der Waals surface area contributed by atoms with Crippen LogP contribution in [0.15, 0.2) is 41.3 Å². The average Bonchev–Trinajstić information content (AvgIpc) is 2.43. The summed E-state index contributed by atoms with van der Waals surface area (Å²) in [5, 5.41) is 0. The van der Waals surface area contributed by atoms with E-state index in [9.17, 15) is 4.79 Å². The highest BCUT2D eigenvalue weighted by molar-refractivity contribution is 5.70. The lowest BCUT2D eigenvalue weighted by Crippen LogP contribution is -2.08. The second-order valence-corrected chi connectivity index (χ2v) is 4.24. The van der Waals surface area contributed by atoms with Crippen molar-refractivity contribution in [2.45, 2.75) is 6.92 Å². The predicted octanol–water partition coefficient (Wildman–Crippen LogP) is 2.38. The van der Waals surface area contributed by atoms with Crippen LogP contribution in [0.2, 0.25) is 0 Å². The van der Waals surface area contributed by atoms with Gasteiger partial charge in [-0.25, -0.2) is 0 Å². The topological polar surface area (TPSA) is 51.3 Å². The second-order valence-electron chi connectivity index (χ2n) is 4.24. The van der Waals surface area contributed by atoms with Gasteiger partial charge in [0.1, 0.15) is 12.4 Å². The van der Waals surface area contributed by atoms with Crippen molar-refractivity contribution in [1.29, 1.82) is 0 Å². The molecule has 0 spiro atoms. The fourth-order valence-corrected chi connectivity index (χ4v) is 1.82. The van der Waals surface area contributed by atoms with Gasteiger partial charge in [0.2, 0.25) is 0 Å². The first-order valence-electron chi connectivity index (χ1n) is 6.13. The van der Waals surface area contributed by atoms with Crippen molar-refractivity contribution in [2.24, 2.45) is 0 Å². The Hall–Kier alpha value is -2.07. The maximum atomic E-state index is 11.4. The summed E-state index contributed by atoms with van der Waals surface area (Å²) in [6.07, 6.45) is 1.70. The summed E-state index contributed by atoms with van der Waals surface area (Å²) < 4.78 is 10.7. The number of para-hydroxylation sites is 1. The van der Waals surface area contributed by atoms with E-state index in [0.29, 0.717) is 18.8 Å². The van der Waals surface area contributed by atoms with E-state index in [-0.39, 0.29) is 5.56 Å². The number of nitrogens with one attached hydrogen (secondary N) is 1. The summed E-state index contributed by atoms with van der Waals surface area (Å²) in [4.78, 5) is 14.1. The number of H-pyrrole nitrogens is 1. The number of hydrogen-bond acceptors (Lipinski definition) is 3. The van der Waals surface area contributed by atoms with E-state index in [4.69, 9.17) is 9.47 Å². The lowest BCUT2D eigenvalue weighted by atomic mass is 10.1. The molecular formula is C15H17NO3. The van der Waals surface area contributed by atoms with Gasteiger partial charge in [-0.3, -0.25) is 4.79 Å². The average molecular weight is 259 g/mol. The van der Waals surface area contributed by atoms with Gasteiger partial charge in [0.15, 0.2) is 0 Å². The predicted molar refractivity (Wildman–Crippen MR) is 74.6 cm³/mol. The number of ether oxygens (including phenoxy) is 2. The van der Waals surface area contributed by atoms with Crippen molar-refractivity contribution in [1.82, 2.24) is 4.98 Å². The van der Waals surface area contributed by atoms with Gasteiger partial charge in [0.25, 0.3) is 5.56 Å². The lowest BCUT2D eigenvalue weighted by molar-refractivity contribution is 0.146. The molecule has 0 unspecified atom stereocenters. The highest BCUT2D eigenvalue weighted by atomic mass is 16.5. The van der Waals surface area contributed by atoms with Crippen LogP contribution in [0.4, 0.5) is 0 Å². The van der Waals surface area contributed by atoms with Gasteiger partial charge in [0, 0.05) is 30.0 Å². The van der Waals surface area contributed by atoms with E-state index in [0.717, 1.165) is 16.9 Å². The molecule has 1 aromatic heterocycles. The van der Waals surface area contributed by atoms with Crippen LogP contribution in [-0.4, -0.2) is 25.3 Å². The summed E-state index contributed by atoms with van der Waals surface area (Å²) in [5.41, 5.74) is 2.51. The Labute approximate surface area is 112 Å². The Kier molecular flexibility index (Phi) is 4.36. The summed E-state index contributed by atoms with van der Waals surface area (Å²) in [6.45, 7) is 2.82. The van der Waals surface area contributed by atoms with Crippen LogP contribution >= 0.6 is 0 Å². The zero-order valence-corrected chi connectivity index (χ0v) is 11.1. The van der Waals surface area contributed by atoms with E-state index in [1.807, 2.05) is 30.3 Å². The number of methoxy groups -OCH3 is 1. The Morgan fingerprint density at radius 2 is 2.00 bits per heavy atom.